The summed E-state index contributed by atoms with van der Waals surface area (Å²) in [5.74, 6) is 1.36. The number of para-hydroxylation sites is 1. The third-order valence-corrected chi connectivity index (χ3v) is 6.40. The molecule has 1 saturated heterocycles. The zero-order valence-electron chi connectivity index (χ0n) is 19.5. The highest BCUT2D eigenvalue weighted by atomic mass is 16.3. The number of amides is 1. The maximum atomic E-state index is 13.6. The van der Waals surface area contributed by atoms with Crippen LogP contribution in [0.5, 0.6) is 0 Å². The number of imidazole rings is 1. The van der Waals surface area contributed by atoms with Crippen molar-refractivity contribution in [3.8, 4) is 17.1 Å². The first kappa shape index (κ1) is 21.4. The average Bonchev–Trinajstić information content (AvgIpc) is 3.62. The molecule has 0 spiro atoms. The van der Waals surface area contributed by atoms with Gasteiger partial charge in [0.1, 0.15) is 17.1 Å². The molecule has 1 aromatic carbocycles. The standard InChI is InChI=1S/C27H26N6O2/c1-20-10-11-24(35-20)26-23(19-33(29-26)22-7-3-2-4-8-22)27(34)31-15-13-30(14-16-31)17-21-18-32-12-6-5-9-25(32)28-21/h2-12,18-19H,13-17H2,1H3. The summed E-state index contributed by atoms with van der Waals surface area (Å²) in [4.78, 5) is 22.6. The number of furan rings is 1. The minimum atomic E-state index is -0.0244. The highest BCUT2D eigenvalue weighted by Gasteiger charge is 2.28. The van der Waals surface area contributed by atoms with Gasteiger partial charge in [0.05, 0.1) is 16.9 Å². The fourth-order valence-corrected chi connectivity index (χ4v) is 4.56. The Hall–Kier alpha value is -4.17. The van der Waals surface area contributed by atoms with Crippen LogP contribution in [0.4, 0.5) is 0 Å². The van der Waals surface area contributed by atoms with E-state index in [1.54, 1.807) is 4.68 Å². The maximum absolute atomic E-state index is 13.6. The number of carbonyl (C=O) groups excluding carboxylic acids is 1. The van der Waals surface area contributed by atoms with Crippen molar-refractivity contribution in [3.63, 3.8) is 0 Å². The van der Waals surface area contributed by atoms with E-state index in [1.165, 1.54) is 0 Å². The van der Waals surface area contributed by atoms with Crippen LogP contribution in [0, 0.1) is 6.92 Å². The van der Waals surface area contributed by atoms with Crippen LogP contribution in [0.3, 0.4) is 0 Å². The van der Waals surface area contributed by atoms with Crippen LogP contribution < -0.4 is 0 Å². The Morgan fingerprint density at radius 1 is 0.943 bits per heavy atom. The summed E-state index contributed by atoms with van der Waals surface area (Å²) in [6.45, 7) is 5.55. The van der Waals surface area contributed by atoms with E-state index < -0.39 is 0 Å². The molecule has 0 radical (unpaired) electrons. The van der Waals surface area contributed by atoms with Gasteiger partial charge in [-0.3, -0.25) is 9.69 Å². The first-order chi connectivity index (χ1) is 17.1. The Labute approximate surface area is 203 Å². The summed E-state index contributed by atoms with van der Waals surface area (Å²) in [7, 11) is 0. The lowest BCUT2D eigenvalue weighted by Gasteiger charge is -2.34. The number of hydrogen-bond acceptors (Lipinski definition) is 5. The molecule has 0 aliphatic carbocycles. The summed E-state index contributed by atoms with van der Waals surface area (Å²) < 4.78 is 9.63. The Morgan fingerprint density at radius 2 is 1.74 bits per heavy atom. The summed E-state index contributed by atoms with van der Waals surface area (Å²) in [5, 5.41) is 4.73. The molecular formula is C27H26N6O2. The molecule has 6 rings (SSSR count). The molecule has 0 saturated carbocycles. The third kappa shape index (κ3) is 4.24. The Morgan fingerprint density at radius 3 is 2.49 bits per heavy atom. The van der Waals surface area contributed by atoms with Gasteiger partial charge in [-0.1, -0.05) is 24.3 Å². The third-order valence-electron chi connectivity index (χ3n) is 6.40. The Balaban J connectivity index is 1.20. The number of piperazine rings is 1. The molecule has 1 aliphatic heterocycles. The van der Waals surface area contributed by atoms with E-state index in [1.807, 2.05) is 89.3 Å². The molecule has 8 nitrogen and oxygen atoms in total. The number of carbonyl (C=O) groups is 1. The molecule has 5 aromatic rings. The van der Waals surface area contributed by atoms with Gasteiger partial charge >= 0.3 is 0 Å². The largest absolute Gasteiger partial charge is 0.460 e. The Bertz CT molecular complexity index is 1440. The van der Waals surface area contributed by atoms with Crippen LogP contribution >= 0.6 is 0 Å². The summed E-state index contributed by atoms with van der Waals surface area (Å²) in [5.41, 5.74) is 4.01. The normalized spacial score (nSPS) is 14.6. The molecule has 0 bridgehead atoms. The number of aryl methyl sites for hydroxylation is 1. The first-order valence-electron chi connectivity index (χ1n) is 11.8. The molecule has 35 heavy (non-hydrogen) atoms. The Kier molecular flexibility index (Phi) is 5.42. The van der Waals surface area contributed by atoms with Crippen molar-refractivity contribution in [1.82, 2.24) is 29.0 Å². The number of hydrogen-bond donors (Lipinski definition) is 0. The molecule has 4 aromatic heterocycles. The predicted octanol–water partition coefficient (Wildman–Crippen LogP) is 4.05. The van der Waals surface area contributed by atoms with Crippen LogP contribution in [0.1, 0.15) is 21.8 Å². The van der Waals surface area contributed by atoms with Crippen molar-refractivity contribution in [1.29, 1.82) is 0 Å². The van der Waals surface area contributed by atoms with Crippen LogP contribution in [0.25, 0.3) is 22.8 Å². The molecule has 1 fully saturated rings. The molecule has 0 unspecified atom stereocenters. The molecule has 0 N–H and O–H groups in total. The fraction of sp³-hybridized carbons (Fsp3) is 0.222. The van der Waals surface area contributed by atoms with E-state index in [-0.39, 0.29) is 5.91 Å². The van der Waals surface area contributed by atoms with E-state index in [0.29, 0.717) is 30.1 Å². The van der Waals surface area contributed by atoms with Crippen molar-refractivity contribution in [2.75, 3.05) is 26.2 Å². The lowest BCUT2D eigenvalue weighted by atomic mass is 10.1. The topological polar surface area (TPSA) is 71.8 Å². The zero-order chi connectivity index (χ0) is 23.8. The van der Waals surface area contributed by atoms with Gasteiger partial charge in [0.15, 0.2) is 5.76 Å². The van der Waals surface area contributed by atoms with Crippen molar-refractivity contribution in [2.24, 2.45) is 0 Å². The number of pyridine rings is 1. The average molecular weight is 467 g/mol. The molecule has 8 heteroatoms. The molecule has 0 atom stereocenters. The van der Waals surface area contributed by atoms with Crippen molar-refractivity contribution in [2.45, 2.75) is 13.5 Å². The predicted molar refractivity (Wildman–Crippen MR) is 132 cm³/mol. The zero-order valence-corrected chi connectivity index (χ0v) is 19.5. The van der Waals surface area contributed by atoms with Crippen LogP contribution in [0.2, 0.25) is 0 Å². The maximum Gasteiger partial charge on any atom is 0.257 e. The van der Waals surface area contributed by atoms with Gasteiger partial charge in [-0.25, -0.2) is 9.67 Å². The van der Waals surface area contributed by atoms with Crippen LogP contribution in [-0.2, 0) is 6.54 Å². The number of nitrogens with zero attached hydrogens (tertiary/aromatic N) is 6. The van der Waals surface area contributed by atoms with E-state index in [9.17, 15) is 4.79 Å². The number of aromatic nitrogens is 4. The van der Waals surface area contributed by atoms with E-state index in [0.717, 1.165) is 42.4 Å². The van der Waals surface area contributed by atoms with Gasteiger partial charge in [-0.2, -0.15) is 5.10 Å². The van der Waals surface area contributed by atoms with Gasteiger partial charge < -0.3 is 13.7 Å². The molecular weight excluding hydrogens is 440 g/mol. The first-order valence-corrected chi connectivity index (χ1v) is 11.8. The highest BCUT2D eigenvalue weighted by Crippen LogP contribution is 2.27. The SMILES string of the molecule is Cc1ccc(-c2nn(-c3ccccc3)cc2C(=O)N2CCN(Cc3cn4ccccc4n3)CC2)o1. The second kappa shape index (κ2) is 8.88. The lowest BCUT2D eigenvalue weighted by Crippen LogP contribution is -2.48. The second-order valence-corrected chi connectivity index (χ2v) is 8.85. The van der Waals surface area contributed by atoms with Crippen molar-refractivity contribution < 1.29 is 9.21 Å². The fourth-order valence-electron chi connectivity index (χ4n) is 4.56. The summed E-state index contributed by atoms with van der Waals surface area (Å²) in [6, 6.07) is 19.6. The molecule has 176 valence electrons. The van der Waals surface area contributed by atoms with Gasteiger partial charge in [-0.05, 0) is 43.3 Å². The number of rotatable bonds is 5. The minimum Gasteiger partial charge on any atom is -0.460 e. The summed E-state index contributed by atoms with van der Waals surface area (Å²) >= 11 is 0. The quantitative estimate of drug-likeness (QED) is 0.391. The van der Waals surface area contributed by atoms with Gasteiger partial charge in [-0.15, -0.1) is 0 Å². The molecule has 1 aliphatic rings. The van der Waals surface area contributed by atoms with Crippen molar-refractivity contribution >= 4 is 11.6 Å². The van der Waals surface area contributed by atoms with E-state index >= 15 is 0 Å². The minimum absolute atomic E-state index is 0.0244. The number of fused-ring (bicyclic) bond motifs is 1. The van der Waals surface area contributed by atoms with E-state index in [2.05, 4.69) is 11.1 Å². The van der Waals surface area contributed by atoms with Crippen LogP contribution in [-0.4, -0.2) is 61.1 Å². The number of benzene rings is 1. The highest BCUT2D eigenvalue weighted by molar-refractivity contribution is 5.99. The van der Waals surface area contributed by atoms with Gasteiger partial charge in [0.2, 0.25) is 0 Å². The van der Waals surface area contributed by atoms with Crippen LogP contribution in [0.15, 0.2) is 83.7 Å². The van der Waals surface area contributed by atoms with Gasteiger partial charge in [0.25, 0.3) is 5.91 Å². The second-order valence-electron chi connectivity index (χ2n) is 8.85. The monoisotopic (exact) mass is 466 g/mol. The van der Waals surface area contributed by atoms with Crippen molar-refractivity contribution in [3.05, 3.63) is 96.3 Å². The molecule has 5 heterocycles. The molecule has 1 amide bonds. The smallest absolute Gasteiger partial charge is 0.257 e. The summed E-state index contributed by atoms with van der Waals surface area (Å²) in [6.07, 6.45) is 5.90. The van der Waals surface area contributed by atoms with E-state index in [4.69, 9.17) is 14.5 Å². The lowest BCUT2D eigenvalue weighted by molar-refractivity contribution is 0.0627. The van der Waals surface area contributed by atoms with Gasteiger partial charge in [0, 0.05) is 51.3 Å².